The number of rotatable bonds is 2. The van der Waals surface area contributed by atoms with E-state index in [4.69, 9.17) is 5.11 Å². The zero-order valence-electron chi connectivity index (χ0n) is 8.81. The molecule has 1 aliphatic rings. The summed E-state index contributed by atoms with van der Waals surface area (Å²) in [6.07, 6.45) is -1.54. The van der Waals surface area contributed by atoms with Gasteiger partial charge < -0.3 is 5.11 Å². The molecule has 17 heavy (non-hydrogen) atoms. The van der Waals surface area contributed by atoms with E-state index in [0.717, 1.165) is 10.7 Å². The molecule has 0 aromatic carbocycles. The van der Waals surface area contributed by atoms with E-state index in [2.05, 4.69) is 5.10 Å². The number of carboxylic acids is 1. The number of nitrogens with zero attached hydrogens (tertiary/aromatic N) is 2. The molecular weight excluding hydrogens is 237 g/mol. The lowest BCUT2D eigenvalue weighted by Gasteiger charge is -2.16. The molecule has 4 nitrogen and oxygen atoms in total. The number of halogens is 3. The highest BCUT2D eigenvalue weighted by Crippen LogP contribution is 2.36. The molecule has 1 N–H and O–H groups in total. The first-order valence-electron chi connectivity index (χ1n) is 5.25. The molecule has 0 aliphatic heterocycles. The van der Waals surface area contributed by atoms with Crippen molar-refractivity contribution in [2.45, 2.75) is 31.5 Å². The van der Waals surface area contributed by atoms with Crippen molar-refractivity contribution in [3.05, 3.63) is 18.0 Å². The van der Waals surface area contributed by atoms with Crippen molar-refractivity contribution in [3.63, 3.8) is 0 Å². The molecule has 1 saturated carbocycles. The summed E-state index contributed by atoms with van der Waals surface area (Å²) in [5.41, 5.74) is -0.978. The average Bonchev–Trinajstić information content (AvgIpc) is 2.85. The van der Waals surface area contributed by atoms with Gasteiger partial charge in [0.05, 0.1) is 12.0 Å². The number of hydrogen-bond acceptors (Lipinski definition) is 2. The third kappa shape index (κ3) is 2.27. The minimum absolute atomic E-state index is 0.469. The molecule has 0 bridgehead atoms. The number of hydrogen-bond donors (Lipinski definition) is 1. The van der Waals surface area contributed by atoms with Crippen LogP contribution in [0.15, 0.2) is 12.3 Å². The lowest BCUT2D eigenvalue weighted by atomic mass is 10.0. The van der Waals surface area contributed by atoms with Crippen LogP contribution in [-0.4, -0.2) is 20.9 Å². The number of carboxylic acid groups (broad SMARTS) is 1. The van der Waals surface area contributed by atoms with Gasteiger partial charge in [-0.25, -0.2) is 0 Å². The molecule has 1 aliphatic carbocycles. The van der Waals surface area contributed by atoms with Crippen LogP contribution in [0.5, 0.6) is 0 Å². The highest BCUT2D eigenvalue weighted by atomic mass is 19.4. The lowest BCUT2D eigenvalue weighted by molar-refractivity contribution is -0.143. The molecule has 0 spiro atoms. The van der Waals surface area contributed by atoms with Gasteiger partial charge in [0.1, 0.15) is 0 Å². The van der Waals surface area contributed by atoms with Crippen LogP contribution >= 0.6 is 0 Å². The fourth-order valence-electron chi connectivity index (χ4n) is 2.22. The summed E-state index contributed by atoms with van der Waals surface area (Å²) < 4.78 is 38.2. The second kappa shape index (κ2) is 4.05. The quantitative estimate of drug-likeness (QED) is 0.873. The third-order valence-corrected chi connectivity index (χ3v) is 3.04. The molecule has 94 valence electrons. The monoisotopic (exact) mass is 248 g/mol. The SMILES string of the molecule is O=C(O)C1CCCC1n1ccc(C(F)(F)F)n1. The van der Waals surface area contributed by atoms with E-state index in [0.29, 0.717) is 19.3 Å². The molecule has 2 rings (SSSR count). The van der Waals surface area contributed by atoms with Crippen LogP contribution in [0, 0.1) is 5.92 Å². The van der Waals surface area contributed by atoms with Crippen LogP contribution in [0.2, 0.25) is 0 Å². The average molecular weight is 248 g/mol. The normalized spacial score (nSPS) is 25.1. The molecule has 2 unspecified atom stereocenters. The Morgan fingerprint density at radius 1 is 1.47 bits per heavy atom. The van der Waals surface area contributed by atoms with Crippen molar-refractivity contribution in [2.24, 2.45) is 5.92 Å². The maximum atomic E-state index is 12.4. The second-order valence-corrected chi connectivity index (χ2v) is 4.12. The van der Waals surface area contributed by atoms with Gasteiger partial charge in [0.25, 0.3) is 0 Å². The zero-order chi connectivity index (χ0) is 12.6. The lowest BCUT2D eigenvalue weighted by Crippen LogP contribution is -2.22. The van der Waals surface area contributed by atoms with E-state index in [1.54, 1.807) is 0 Å². The van der Waals surface area contributed by atoms with Gasteiger partial charge >= 0.3 is 12.1 Å². The van der Waals surface area contributed by atoms with Gasteiger partial charge in [-0.2, -0.15) is 18.3 Å². The Balaban J connectivity index is 2.23. The Bertz CT molecular complexity index is 427. The van der Waals surface area contributed by atoms with Crippen molar-refractivity contribution in [1.82, 2.24) is 9.78 Å². The fraction of sp³-hybridized carbons (Fsp3) is 0.600. The Morgan fingerprint density at radius 2 is 2.18 bits per heavy atom. The Labute approximate surface area is 95.0 Å². The Morgan fingerprint density at radius 3 is 2.71 bits per heavy atom. The maximum absolute atomic E-state index is 12.4. The largest absolute Gasteiger partial charge is 0.481 e. The van der Waals surface area contributed by atoms with E-state index in [9.17, 15) is 18.0 Å². The molecule has 1 aromatic rings. The summed E-state index contributed by atoms with van der Waals surface area (Å²) >= 11 is 0. The van der Waals surface area contributed by atoms with Crippen molar-refractivity contribution in [1.29, 1.82) is 0 Å². The number of aliphatic carboxylic acids is 1. The summed E-state index contributed by atoms with van der Waals surface area (Å²) in [6.45, 7) is 0. The van der Waals surface area contributed by atoms with Crippen molar-refractivity contribution >= 4 is 5.97 Å². The number of aromatic nitrogens is 2. The van der Waals surface area contributed by atoms with Crippen molar-refractivity contribution in [3.8, 4) is 0 Å². The standard InChI is InChI=1S/C10H11F3N2O2/c11-10(12,13)8-4-5-15(14-8)7-3-1-2-6(7)9(16)17/h4-7H,1-3H2,(H,16,17). The Kier molecular flexibility index (Phi) is 2.84. The smallest absolute Gasteiger partial charge is 0.435 e. The predicted octanol–water partition coefficient (Wildman–Crippen LogP) is 2.33. The fourth-order valence-corrected chi connectivity index (χ4v) is 2.22. The first-order valence-corrected chi connectivity index (χ1v) is 5.25. The molecule has 1 fully saturated rings. The molecule has 0 saturated heterocycles. The van der Waals surface area contributed by atoms with E-state index in [1.165, 1.54) is 6.20 Å². The molecule has 0 radical (unpaired) electrons. The van der Waals surface area contributed by atoms with E-state index in [-0.39, 0.29) is 0 Å². The first kappa shape index (κ1) is 11.9. The van der Waals surface area contributed by atoms with Crippen LogP contribution < -0.4 is 0 Å². The summed E-state index contributed by atoms with van der Waals surface area (Å²) in [4.78, 5) is 10.9. The second-order valence-electron chi connectivity index (χ2n) is 4.12. The molecular formula is C10H11F3N2O2. The van der Waals surface area contributed by atoms with Crippen LogP contribution in [-0.2, 0) is 11.0 Å². The summed E-state index contributed by atoms with van der Waals surface area (Å²) in [5, 5.41) is 12.4. The minimum Gasteiger partial charge on any atom is -0.481 e. The van der Waals surface area contributed by atoms with E-state index < -0.39 is 29.8 Å². The summed E-state index contributed by atoms with van der Waals surface area (Å²) in [5.74, 6) is -1.62. The zero-order valence-corrected chi connectivity index (χ0v) is 8.81. The number of carbonyl (C=O) groups is 1. The van der Waals surface area contributed by atoms with Gasteiger partial charge in [0.15, 0.2) is 5.69 Å². The highest BCUT2D eigenvalue weighted by molar-refractivity contribution is 5.71. The molecule has 0 amide bonds. The molecule has 1 heterocycles. The van der Waals surface area contributed by atoms with E-state index >= 15 is 0 Å². The van der Waals surface area contributed by atoms with Gasteiger partial charge in [-0.05, 0) is 18.9 Å². The summed E-state index contributed by atoms with van der Waals surface area (Å²) in [6, 6.07) is 0.403. The van der Waals surface area contributed by atoms with Gasteiger partial charge in [-0.1, -0.05) is 6.42 Å². The van der Waals surface area contributed by atoms with Crippen LogP contribution in [0.1, 0.15) is 31.0 Å². The number of alkyl halides is 3. The minimum atomic E-state index is -4.48. The molecule has 2 atom stereocenters. The van der Waals surface area contributed by atoms with Gasteiger partial charge in [0.2, 0.25) is 0 Å². The molecule has 1 aromatic heterocycles. The van der Waals surface area contributed by atoms with Gasteiger partial charge in [-0.15, -0.1) is 0 Å². The van der Waals surface area contributed by atoms with Gasteiger partial charge in [0, 0.05) is 6.20 Å². The summed E-state index contributed by atoms with van der Waals surface area (Å²) in [7, 11) is 0. The van der Waals surface area contributed by atoms with Gasteiger partial charge in [-0.3, -0.25) is 9.48 Å². The predicted molar refractivity (Wildman–Crippen MR) is 51.2 cm³/mol. The van der Waals surface area contributed by atoms with Crippen LogP contribution in [0.25, 0.3) is 0 Å². The van der Waals surface area contributed by atoms with Crippen molar-refractivity contribution in [2.75, 3.05) is 0 Å². The topological polar surface area (TPSA) is 55.1 Å². The highest BCUT2D eigenvalue weighted by Gasteiger charge is 2.38. The van der Waals surface area contributed by atoms with Crippen LogP contribution in [0.4, 0.5) is 13.2 Å². The Hall–Kier alpha value is -1.53. The van der Waals surface area contributed by atoms with Crippen molar-refractivity contribution < 1.29 is 23.1 Å². The maximum Gasteiger partial charge on any atom is 0.435 e. The molecule has 7 heteroatoms. The third-order valence-electron chi connectivity index (χ3n) is 3.04. The first-order chi connectivity index (χ1) is 7.89. The van der Waals surface area contributed by atoms with Crippen LogP contribution in [0.3, 0.4) is 0 Å². The van der Waals surface area contributed by atoms with E-state index in [1.807, 2.05) is 0 Å².